The van der Waals surface area contributed by atoms with Crippen LogP contribution in [0.15, 0.2) is 23.5 Å². The van der Waals surface area contributed by atoms with Crippen LogP contribution in [0.1, 0.15) is 39.0 Å². The van der Waals surface area contributed by atoms with Crippen LogP contribution in [-0.2, 0) is 6.54 Å². The molecule has 1 aromatic heterocycles. The third-order valence-corrected chi connectivity index (χ3v) is 4.43. The van der Waals surface area contributed by atoms with Gasteiger partial charge in [-0.3, -0.25) is 9.67 Å². The van der Waals surface area contributed by atoms with Crippen molar-refractivity contribution in [1.82, 2.24) is 20.4 Å². The largest absolute Gasteiger partial charge is 0.356 e. The second kappa shape index (κ2) is 7.31. The lowest BCUT2D eigenvalue weighted by Crippen LogP contribution is -2.46. The van der Waals surface area contributed by atoms with Crippen molar-refractivity contribution in [2.24, 2.45) is 10.4 Å². The predicted octanol–water partition coefficient (Wildman–Crippen LogP) is 2.02. The maximum absolute atomic E-state index is 4.29. The summed E-state index contributed by atoms with van der Waals surface area (Å²) in [6.07, 6.45) is 10.2. The van der Waals surface area contributed by atoms with Crippen molar-refractivity contribution in [3.05, 3.63) is 18.5 Å². The van der Waals surface area contributed by atoms with Gasteiger partial charge in [-0.15, -0.1) is 0 Å². The fourth-order valence-electron chi connectivity index (χ4n) is 2.70. The highest BCUT2D eigenvalue weighted by Gasteiger charge is 2.34. The van der Waals surface area contributed by atoms with Crippen LogP contribution in [0.5, 0.6) is 0 Å². The Morgan fingerprint density at radius 3 is 2.80 bits per heavy atom. The van der Waals surface area contributed by atoms with Gasteiger partial charge < -0.3 is 10.6 Å². The van der Waals surface area contributed by atoms with Gasteiger partial charge in [-0.2, -0.15) is 5.10 Å². The van der Waals surface area contributed by atoms with Crippen LogP contribution in [0.25, 0.3) is 0 Å². The Morgan fingerprint density at radius 2 is 2.25 bits per heavy atom. The van der Waals surface area contributed by atoms with E-state index >= 15 is 0 Å². The molecular formula is C15H27N5. The Balaban J connectivity index is 1.62. The fraction of sp³-hybridized carbons (Fsp3) is 0.733. The maximum Gasteiger partial charge on any atom is 0.190 e. The molecule has 2 rings (SSSR count). The number of aliphatic imine (C=N–C) groups is 1. The summed E-state index contributed by atoms with van der Waals surface area (Å²) in [6.45, 7) is 5.19. The topological polar surface area (TPSA) is 54.2 Å². The lowest BCUT2D eigenvalue weighted by molar-refractivity contribution is 0.131. The zero-order valence-corrected chi connectivity index (χ0v) is 12.7. The van der Waals surface area contributed by atoms with Gasteiger partial charge in [0.15, 0.2) is 5.96 Å². The molecule has 0 aromatic carbocycles. The zero-order chi connectivity index (χ0) is 14.3. The van der Waals surface area contributed by atoms with Crippen LogP contribution >= 0.6 is 0 Å². The average Bonchev–Trinajstić information content (AvgIpc) is 2.93. The first-order valence-corrected chi connectivity index (χ1v) is 7.70. The lowest BCUT2D eigenvalue weighted by Gasteiger charge is -2.41. The zero-order valence-electron chi connectivity index (χ0n) is 12.7. The number of aryl methyl sites for hydroxylation is 1. The van der Waals surface area contributed by atoms with E-state index in [0.29, 0.717) is 5.41 Å². The van der Waals surface area contributed by atoms with E-state index in [0.717, 1.165) is 32.0 Å². The van der Waals surface area contributed by atoms with E-state index in [-0.39, 0.29) is 0 Å². The molecule has 5 nitrogen and oxygen atoms in total. The van der Waals surface area contributed by atoms with Gasteiger partial charge in [0.2, 0.25) is 0 Å². The summed E-state index contributed by atoms with van der Waals surface area (Å²) in [6, 6.07) is 1.96. The molecule has 1 fully saturated rings. The molecular weight excluding hydrogens is 250 g/mol. The van der Waals surface area contributed by atoms with Gasteiger partial charge in [-0.1, -0.05) is 13.3 Å². The summed E-state index contributed by atoms with van der Waals surface area (Å²) in [7, 11) is 1.84. The number of rotatable bonds is 7. The number of nitrogens with one attached hydrogen (secondary N) is 2. The van der Waals surface area contributed by atoms with Crippen molar-refractivity contribution in [3.8, 4) is 0 Å². The molecule has 112 valence electrons. The third kappa shape index (κ3) is 3.99. The van der Waals surface area contributed by atoms with Crippen molar-refractivity contribution >= 4 is 5.96 Å². The number of nitrogens with zero attached hydrogens (tertiary/aromatic N) is 3. The minimum atomic E-state index is 0.521. The standard InChI is InChI=1S/C15H27N5/c1-3-15(7-4-8-15)13-18-14(16-2)17-9-5-11-20-12-6-10-19-20/h6,10,12H,3-5,7-9,11,13H2,1-2H3,(H2,16,17,18). The molecule has 0 saturated heterocycles. The second-order valence-corrected chi connectivity index (χ2v) is 5.68. The molecule has 1 aliphatic carbocycles. The molecule has 5 heteroatoms. The van der Waals surface area contributed by atoms with Gasteiger partial charge in [-0.25, -0.2) is 0 Å². The van der Waals surface area contributed by atoms with Crippen LogP contribution in [-0.4, -0.2) is 35.9 Å². The monoisotopic (exact) mass is 277 g/mol. The molecule has 1 aliphatic rings. The Bertz CT molecular complexity index is 400. The average molecular weight is 277 g/mol. The van der Waals surface area contributed by atoms with Crippen molar-refractivity contribution in [3.63, 3.8) is 0 Å². The van der Waals surface area contributed by atoms with Gasteiger partial charge >= 0.3 is 0 Å². The molecule has 0 aliphatic heterocycles. The van der Waals surface area contributed by atoms with Crippen molar-refractivity contribution < 1.29 is 0 Å². The quantitative estimate of drug-likeness (QED) is 0.455. The third-order valence-electron chi connectivity index (χ3n) is 4.43. The molecule has 1 saturated carbocycles. The lowest BCUT2D eigenvalue weighted by atomic mass is 9.67. The Kier molecular flexibility index (Phi) is 5.44. The highest BCUT2D eigenvalue weighted by molar-refractivity contribution is 5.79. The summed E-state index contributed by atoms with van der Waals surface area (Å²) in [5.74, 6) is 0.921. The molecule has 0 atom stereocenters. The summed E-state index contributed by atoms with van der Waals surface area (Å²) in [4.78, 5) is 4.29. The van der Waals surface area contributed by atoms with E-state index in [9.17, 15) is 0 Å². The van der Waals surface area contributed by atoms with E-state index in [4.69, 9.17) is 0 Å². The van der Waals surface area contributed by atoms with E-state index in [1.807, 2.05) is 30.2 Å². The van der Waals surface area contributed by atoms with Crippen LogP contribution in [0.2, 0.25) is 0 Å². The number of hydrogen-bond donors (Lipinski definition) is 2. The van der Waals surface area contributed by atoms with E-state index < -0.39 is 0 Å². The molecule has 20 heavy (non-hydrogen) atoms. The highest BCUT2D eigenvalue weighted by atomic mass is 15.3. The molecule has 0 unspecified atom stereocenters. The van der Waals surface area contributed by atoms with Crippen LogP contribution in [0.3, 0.4) is 0 Å². The number of hydrogen-bond acceptors (Lipinski definition) is 2. The summed E-state index contributed by atoms with van der Waals surface area (Å²) < 4.78 is 1.96. The maximum atomic E-state index is 4.29. The molecule has 0 radical (unpaired) electrons. The van der Waals surface area contributed by atoms with Gasteiger partial charge in [0, 0.05) is 39.1 Å². The van der Waals surface area contributed by atoms with Gasteiger partial charge in [0.1, 0.15) is 0 Å². The SMILES string of the molecule is CCC1(CNC(=NC)NCCCn2cccn2)CCC1. The molecule has 0 spiro atoms. The molecule has 1 heterocycles. The summed E-state index contributed by atoms with van der Waals surface area (Å²) in [5.41, 5.74) is 0.521. The second-order valence-electron chi connectivity index (χ2n) is 5.68. The first kappa shape index (κ1) is 14.9. The molecule has 1 aromatic rings. The number of aromatic nitrogens is 2. The first-order valence-electron chi connectivity index (χ1n) is 7.70. The molecule has 2 N–H and O–H groups in total. The first-order chi connectivity index (χ1) is 9.78. The predicted molar refractivity (Wildman–Crippen MR) is 82.8 cm³/mol. The minimum absolute atomic E-state index is 0.521. The van der Waals surface area contributed by atoms with Crippen molar-refractivity contribution in [2.75, 3.05) is 20.1 Å². The summed E-state index contributed by atoms with van der Waals surface area (Å²) in [5, 5.41) is 11.0. The highest BCUT2D eigenvalue weighted by Crippen LogP contribution is 2.42. The van der Waals surface area contributed by atoms with Crippen LogP contribution in [0.4, 0.5) is 0 Å². The summed E-state index contributed by atoms with van der Waals surface area (Å²) >= 11 is 0. The van der Waals surface area contributed by atoms with Crippen molar-refractivity contribution in [1.29, 1.82) is 0 Å². The van der Waals surface area contributed by atoms with Gasteiger partial charge in [0.05, 0.1) is 0 Å². The molecule has 0 amide bonds. The smallest absolute Gasteiger partial charge is 0.190 e. The normalized spacial score (nSPS) is 17.6. The van der Waals surface area contributed by atoms with Crippen LogP contribution in [0, 0.1) is 5.41 Å². The van der Waals surface area contributed by atoms with E-state index in [2.05, 4.69) is 27.6 Å². The van der Waals surface area contributed by atoms with Gasteiger partial charge in [0.25, 0.3) is 0 Å². The van der Waals surface area contributed by atoms with Crippen molar-refractivity contribution in [2.45, 2.75) is 45.6 Å². The van der Waals surface area contributed by atoms with E-state index in [1.165, 1.54) is 25.7 Å². The van der Waals surface area contributed by atoms with E-state index in [1.54, 1.807) is 0 Å². The number of guanidine groups is 1. The molecule has 0 bridgehead atoms. The Labute approximate surface area is 121 Å². The minimum Gasteiger partial charge on any atom is -0.356 e. The fourth-order valence-corrected chi connectivity index (χ4v) is 2.70. The van der Waals surface area contributed by atoms with Gasteiger partial charge in [-0.05, 0) is 37.2 Å². The Morgan fingerprint density at radius 1 is 1.40 bits per heavy atom. The van der Waals surface area contributed by atoms with Crippen LogP contribution < -0.4 is 10.6 Å². The Hall–Kier alpha value is -1.52.